The summed E-state index contributed by atoms with van der Waals surface area (Å²) in [6, 6.07) is 13.4. The average molecular weight is 313 g/mol. The molecule has 0 unspecified atom stereocenters. The predicted octanol–water partition coefficient (Wildman–Crippen LogP) is 2.70. The zero-order valence-corrected chi connectivity index (χ0v) is 13.0. The van der Waals surface area contributed by atoms with E-state index >= 15 is 0 Å². The molecule has 0 radical (unpaired) electrons. The first kappa shape index (κ1) is 16.3. The van der Waals surface area contributed by atoms with Crippen molar-refractivity contribution in [3.05, 3.63) is 66.2 Å². The molecule has 1 amide bonds. The number of para-hydroxylation sites is 1. The van der Waals surface area contributed by atoms with Crippen LogP contribution in [0.5, 0.6) is 0 Å². The average Bonchev–Trinajstić information content (AvgIpc) is 3.21. The number of hydrogen-bond donors (Lipinski definition) is 2. The number of rotatable bonds is 3. The van der Waals surface area contributed by atoms with E-state index in [-0.39, 0.29) is 0 Å². The maximum Gasteiger partial charge on any atom is 0.407 e. The van der Waals surface area contributed by atoms with Gasteiger partial charge < -0.3 is 10.0 Å². The maximum atomic E-state index is 10.9. The van der Waals surface area contributed by atoms with E-state index in [1.54, 1.807) is 24.1 Å². The third-order valence-electron chi connectivity index (χ3n) is 3.04. The lowest BCUT2D eigenvalue weighted by molar-refractivity contribution is 0.153. The lowest BCUT2D eigenvalue weighted by atomic mass is 10.3. The van der Waals surface area contributed by atoms with E-state index in [9.17, 15) is 4.79 Å². The van der Waals surface area contributed by atoms with Crippen molar-refractivity contribution in [3.8, 4) is 5.69 Å². The van der Waals surface area contributed by atoms with Gasteiger partial charge in [-0.2, -0.15) is 10.2 Å². The molecule has 0 saturated heterocycles. The molecule has 0 spiro atoms. The van der Waals surface area contributed by atoms with E-state index < -0.39 is 6.09 Å². The molecular weight excluding hydrogens is 294 g/mol. The number of carboxylic acid groups (broad SMARTS) is 1. The number of amides is 1. The van der Waals surface area contributed by atoms with E-state index in [2.05, 4.69) is 15.3 Å². The molecule has 120 valence electrons. The Kier molecular flexibility index (Phi) is 5.51. The number of nitrogens with zero attached hydrogens (tertiary/aromatic N) is 4. The van der Waals surface area contributed by atoms with Crippen LogP contribution in [0.3, 0.4) is 0 Å². The van der Waals surface area contributed by atoms with Gasteiger partial charge in [-0.05, 0) is 31.2 Å². The first-order valence-electron chi connectivity index (χ1n) is 7.06. The summed E-state index contributed by atoms with van der Waals surface area (Å²) in [5, 5.41) is 19.5. The Labute approximate surface area is 134 Å². The molecule has 23 heavy (non-hydrogen) atoms. The summed E-state index contributed by atoms with van der Waals surface area (Å²) >= 11 is 0. The summed E-state index contributed by atoms with van der Waals surface area (Å²) in [5.74, 6) is 0. The lowest BCUT2D eigenvalue weighted by Crippen LogP contribution is -2.25. The number of nitrogens with one attached hydrogen (secondary N) is 1. The summed E-state index contributed by atoms with van der Waals surface area (Å²) in [5.41, 5.74) is 2.65. The zero-order chi connectivity index (χ0) is 16.7. The van der Waals surface area contributed by atoms with E-state index in [1.807, 2.05) is 49.4 Å². The van der Waals surface area contributed by atoms with Gasteiger partial charge in [0, 0.05) is 19.4 Å². The van der Waals surface area contributed by atoms with Crippen LogP contribution in [0.1, 0.15) is 11.4 Å². The second-order valence-corrected chi connectivity index (χ2v) is 4.93. The number of carbonyl (C=O) groups is 1. The van der Waals surface area contributed by atoms with Crippen LogP contribution < -0.4 is 0 Å². The van der Waals surface area contributed by atoms with Gasteiger partial charge >= 0.3 is 6.09 Å². The molecule has 7 nitrogen and oxygen atoms in total. The minimum absolute atomic E-state index is 0.311. The fraction of sp³-hybridized carbons (Fsp3) is 0.188. The molecule has 0 aliphatic carbocycles. The highest BCUT2D eigenvalue weighted by Gasteiger charge is 2.12. The van der Waals surface area contributed by atoms with Gasteiger partial charge in [-0.15, -0.1) is 0 Å². The predicted molar refractivity (Wildman–Crippen MR) is 86.4 cm³/mol. The van der Waals surface area contributed by atoms with E-state index in [0.717, 1.165) is 17.1 Å². The van der Waals surface area contributed by atoms with Crippen LogP contribution >= 0.6 is 0 Å². The summed E-state index contributed by atoms with van der Waals surface area (Å²) in [6.07, 6.45) is 2.51. The third kappa shape index (κ3) is 4.70. The summed E-state index contributed by atoms with van der Waals surface area (Å²) in [6.45, 7) is 2.20. The highest BCUT2D eigenvalue weighted by molar-refractivity contribution is 5.64. The van der Waals surface area contributed by atoms with Crippen LogP contribution in [0.2, 0.25) is 0 Å². The van der Waals surface area contributed by atoms with Crippen molar-refractivity contribution in [1.82, 2.24) is 24.9 Å². The first-order chi connectivity index (χ1) is 11.1. The Morgan fingerprint density at radius 3 is 2.57 bits per heavy atom. The number of H-pyrrole nitrogens is 1. The van der Waals surface area contributed by atoms with Crippen LogP contribution in [0.25, 0.3) is 5.69 Å². The molecule has 0 aliphatic heterocycles. The van der Waals surface area contributed by atoms with Crippen molar-refractivity contribution >= 4 is 6.09 Å². The smallest absolute Gasteiger partial charge is 0.407 e. The standard InChI is InChI=1S/C13H15N3O2.C3H4N2/c1-10-8-12(9-15(2)13(17)18)16(14-10)11-6-4-3-5-7-11;1-2-4-5-3-1/h3-8H,9H2,1-2H3,(H,17,18);1-3H,(H,4,5). The van der Waals surface area contributed by atoms with Gasteiger partial charge in [0.2, 0.25) is 0 Å². The molecule has 2 aromatic heterocycles. The fourth-order valence-electron chi connectivity index (χ4n) is 1.98. The summed E-state index contributed by atoms with van der Waals surface area (Å²) < 4.78 is 1.77. The van der Waals surface area contributed by atoms with Crippen LogP contribution in [0.4, 0.5) is 4.79 Å². The van der Waals surface area contributed by atoms with E-state index in [1.165, 1.54) is 4.90 Å². The highest BCUT2D eigenvalue weighted by atomic mass is 16.4. The summed E-state index contributed by atoms with van der Waals surface area (Å²) in [7, 11) is 1.54. The minimum atomic E-state index is -0.950. The SMILES string of the molecule is Cc1cc(CN(C)C(=O)O)n(-c2ccccc2)n1.c1cn[nH]c1. The van der Waals surface area contributed by atoms with Gasteiger partial charge in [-0.3, -0.25) is 5.10 Å². The molecule has 0 saturated carbocycles. The van der Waals surface area contributed by atoms with Crippen LogP contribution in [0.15, 0.2) is 54.9 Å². The molecule has 2 heterocycles. The van der Waals surface area contributed by atoms with Crippen molar-refractivity contribution in [3.63, 3.8) is 0 Å². The molecular formula is C16H19N5O2. The quantitative estimate of drug-likeness (QED) is 0.778. The Morgan fingerprint density at radius 1 is 1.30 bits per heavy atom. The largest absolute Gasteiger partial charge is 0.465 e. The first-order valence-corrected chi connectivity index (χ1v) is 7.06. The van der Waals surface area contributed by atoms with Crippen molar-refractivity contribution < 1.29 is 9.90 Å². The van der Waals surface area contributed by atoms with Crippen molar-refractivity contribution in [1.29, 1.82) is 0 Å². The van der Waals surface area contributed by atoms with E-state index in [4.69, 9.17) is 5.11 Å². The Morgan fingerprint density at radius 2 is 2.04 bits per heavy atom. The van der Waals surface area contributed by atoms with Crippen molar-refractivity contribution in [2.75, 3.05) is 7.05 Å². The van der Waals surface area contributed by atoms with Gasteiger partial charge in [0.1, 0.15) is 0 Å². The van der Waals surface area contributed by atoms with Gasteiger partial charge in [-0.1, -0.05) is 18.2 Å². The van der Waals surface area contributed by atoms with Crippen LogP contribution in [-0.4, -0.2) is 43.1 Å². The summed E-state index contributed by atoms with van der Waals surface area (Å²) in [4.78, 5) is 12.1. The lowest BCUT2D eigenvalue weighted by Gasteiger charge is -2.14. The highest BCUT2D eigenvalue weighted by Crippen LogP contribution is 2.13. The van der Waals surface area contributed by atoms with Gasteiger partial charge in [0.15, 0.2) is 0 Å². The molecule has 0 bridgehead atoms. The van der Waals surface area contributed by atoms with Gasteiger partial charge in [0.25, 0.3) is 0 Å². The van der Waals surface area contributed by atoms with Crippen molar-refractivity contribution in [2.24, 2.45) is 0 Å². The molecule has 2 N–H and O–H groups in total. The second kappa shape index (κ2) is 7.79. The van der Waals surface area contributed by atoms with Crippen LogP contribution in [0, 0.1) is 6.92 Å². The molecule has 3 aromatic rings. The number of benzene rings is 1. The Balaban J connectivity index is 0.000000326. The molecule has 0 fully saturated rings. The molecule has 0 aliphatic rings. The topological polar surface area (TPSA) is 87.0 Å². The third-order valence-corrected chi connectivity index (χ3v) is 3.04. The Bertz CT molecular complexity index is 705. The number of hydrogen-bond acceptors (Lipinski definition) is 3. The minimum Gasteiger partial charge on any atom is -0.465 e. The number of aryl methyl sites for hydroxylation is 1. The maximum absolute atomic E-state index is 10.9. The monoisotopic (exact) mass is 313 g/mol. The molecule has 0 atom stereocenters. The van der Waals surface area contributed by atoms with Crippen LogP contribution in [-0.2, 0) is 6.54 Å². The fourth-order valence-corrected chi connectivity index (χ4v) is 1.98. The number of aromatic nitrogens is 4. The van der Waals surface area contributed by atoms with Crippen molar-refractivity contribution in [2.45, 2.75) is 13.5 Å². The van der Waals surface area contributed by atoms with Gasteiger partial charge in [-0.25, -0.2) is 9.48 Å². The van der Waals surface area contributed by atoms with E-state index in [0.29, 0.717) is 6.54 Å². The number of aromatic amines is 1. The zero-order valence-electron chi connectivity index (χ0n) is 13.0. The normalized spacial score (nSPS) is 9.83. The van der Waals surface area contributed by atoms with Gasteiger partial charge in [0.05, 0.1) is 23.6 Å². The molecule has 3 rings (SSSR count). The molecule has 7 heteroatoms. The Hall–Kier alpha value is -3.09. The molecule has 1 aromatic carbocycles. The second-order valence-electron chi connectivity index (χ2n) is 4.93.